The molecule has 1 aliphatic heterocycles. The van der Waals surface area contributed by atoms with Gasteiger partial charge in [-0.3, -0.25) is 0 Å². The molecule has 1 aromatic carbocycles. The Kier molecular flexibility index (Phi) is 2.14. The molecule has 0 unspecified atom stereocenters. The van der Waals surface area contributed by atoms with Crippen molar-refractivity contribution in [2.24, 2.45) is 5.41 Å². The van der Waals surface area contributed by atoms with E-state index >= 15 is 0 Å². The van der Waals surface area contributed by atoms with E-state index in [1.807, 2.05) is 0 Å². The topological polar surface area (TPSA) is 27.0 Å². The Balaban J connectivity index is 1.65. The van der Waals surface area contributed by atoms with Gasteiger partial charge in [-0.15, -0.1) is 0 Å². The van der Waals surface area contributed by atoms with E-state index in [1.165, 1.54) is 38.0 Å². The number of rotatable bonds is 2. The maximum Gasteiger partial charge on any atom is 0.0669 e. The molecule has 0 bridgehead atoms. The molecule has 0 radical (unpaired) electrons. The van der Waals surface area contributed by atoms with Crippen molar-refractivity contribution in [3.63, 3.8) is 0 Å². The highest BCUT2D eigenvalue weighted by Crippen LogP contribution is 2.49. The van der Waals surface area contributed by atoms with E-state index in [2.05, 4.69) is 35.2 Å². The van der Waals surface area contributed by atoms with Gasteiger partial charge in [-0.05, 0) is 30.5 Å². The first-order valence-corrected chi connectivity index (χ1v) is 6.02. The highest BCUT2D eigenvalue weighted by atomic mass is 15.2. The predicted octanol–water partition coefficient (Wildman–Crippen LogP) is 2.74. The number of hydrogen-bond acceptors (Lipinski definition) is 2. The van der Waals surface area contributed by atoms with Gasteiger partial charge in [0, 0.05) is 24.2 Å². The molecule has 0 amide bonds. The number of nitriles is 1. The predicted molar refractivity (Wildman–Crippen MR) is 64.3 cm³/mol. The van der Waals surface area contributed by atoms with Crippen LogP contribution in [0, 0.1) is 16.7 Å². The van der Waals surface area contributed by atoms with Gasteiger partial charge in [-0.25, -0.2) is 0 Å². The minimum atomic E-state index is 0.518. The molecule has 1 saturated heterocycles. The van der Waals surface area contributed by atoms with Crippen molar-refractivity contribution >= 4 is 5.69 Å². The highest BCUT2D eigenvalue weighted by molar-refractivity contribution is 5.51. The van der Waals surface area contributed by atoms with Crippen molar-refractivity contribution in [2.75, 3.05) is 18.0 Å². The fraction of sp³-hybridized carbons (Fsp3) is 0.500. The number of benzene rings is 1. The summed E-state index contributed by atoms with van der Waals surface area (Å²) in [4.78, 5) is 2.45. The summed E-state index contributed by atoms with van der Waals surface area (Å²) in [6.45, 7) is 2.48. The Morgan fingerprint density at radius 3 is 2.38 bits per heavy atom. The Labute approximate surface area is 96.5 Å². The second-order valence-corrected chi connectivity index (χ2v) is 5.21. The van der Waals surface area contributed by atoms with Crippen LogP contribution in [0.15, 0.2) is 24.3 Å². The Hall–Kier alpha value is -1.49. The van der Waals surface area contributed by atoms with Crippen LogP contribution >= 0.6 is 0 Å². The fourth-order valence-electron chi connectivity index (χ4n) is 2.85. The minimum absolute atomic E-state index is 0.518. The highest BCUT2D eigenvalue weighted by Gasteiger charge is 2.47. The fourth-order valence-corrected chi connectivity index (χ4v) is 2.85. The quantitative estimate of drug-likeness (QED) is 0.753. The third kappa shape index (κ3) is 1.48. The van der Waals surface area contributed by atoms with E-state index in [0.29, 0.717) is 11.8 Å². The normalized spacial score (nSPS) is 21.1. The lowest BCUT2D eigenvalue weighted by molar-refractivity contribution is 0.0904. The molecule has 2 heteroatoms. The molecular weight excluding hydrogens is 196 g/mol. The monoisotopic (exact) mass is 212 g/mol. The van der Waals surface area contributed by atoms with Crippen LogP contribution in [0.1, 0.15) is 24.8 Å². The first kappa shape index (κ1) is 9.72. The van der Waals surface area contributed by atoms with E-state index in [9.17, 15) is 0 Å². The van der Waals surface area contributed by atoms with E-state index in [1.54, 1.807) is 0 Å². The van der Waals surface area contributed by atoms with Crippen molar-refractivity contribution < 1.29 is 0 Å². The minimum Gasteiger partial charge on any atom is -0.370 e. The number of hydrogen-bond donors (Lipinski definition) is 0. The van der Waals surface area contributed by atoms with Gasteiger partial charge in [0.15, 0.2) is 0 Å². The molecule has 0 atom stereocenters. The van der Waals surface area contributed by atoms with E-state index in [-0.39, 0.29) is 0 Å². The SMILES string of the molecule is N#CCc1ccc(N2CC3(CCC3)C2)cc1. The molecule has 1 aromatic rings. The largest absolute Gasteiger partial charge is 0.370 e. The summed E-state index contributed by atoms with van der Waals surface area (Å²) in [6, 6.07) is 10.6. The van der Waals surface area contributed by atoms with Crippen LogP contribution in [0.3, 0.4) is 0 Å². The zero-order valence-corrected chi connectivity index (χ0v) is 9.45. The van der Waals surface area contributed by atoms with Gasteiger partial charge >= 0.3 is 0 Å². The summed E-state index contributed by atoms with van der Waals surface area (Å²) in [5.74, 6) is 0. The second-order valence-electron chi connectivity index (χ2n) is 5.21. The van der Waals surface area contributed by atoms with Crippen LogP contribution in [0.2, 0.25) is 0 Å². The zero-order chi connectivity index (χ0) is 11.0. The average Bonchev–Trinajstić information content (AvgIpc) is 2.16. The maximum absolute atomic E-state index is 8.60. The average molecular weight is 212 g/mol. The van der Waals surface area contributed by atoms with Gasteiger partial charge in [0.05, 0.1) is 12.5 Å². The zero-order valence-electron chi connectivity index (χ0n) is 9.45. The van der Waals surface area contributed by atoms with Gasteiger partial charge < -0.3 is 4.90 Å². The summed E-state index contributed by atoms with van der Waals surface area (Å²) in [5.41, 5.74) is 3.12. The Morgan fingerprint density at radius 1 is 1.19 bits per heavy atom. The van der Waals surface area contributed by atoms with Crippen LogP contribution in [-0.2, 0) is 6.42 Å². The van der Waals surface area contributed by atoms with E-state index in [4.69, 9.17) is 5.26 Å². The summed E-state index contributed by atoms with van der Waals surface area (Å²) in [6.07, 6.45) is 4.80. The molecular formula is C14H16N2. The smallest absolute Gasteiger partial charge is 0.0669 e. The van der Waals surface area contributed by atoms with Crippen LogP contribution in [-0.4, -0.2) is 13.1 Å². The van der Waals surface area contributed by atoms with E-state index in [0.717, 1.165) is 5.56 Å². The summed E-state index contributed by atoms with van der Waals surface area (Å²) in [7, 11) is 0. The number of nitrogens with zero attached hydrogens (tertiary/aromatic N) is 2. The van der Waals surface area contributed by atoms with Crippen molar-refractivity contribution in [1.29, 1.82) is 5.26 Å². The van der Waals surface area contributed by atoms with Crippen LogP contribution in [0.4, 0.5) is 5.69 Å². The lowest BCUT2D eigenvalue weighted by Gasteiger charge is -2.57. The number of anilines is 1. The molecule has 1 saturated carbocycles. The van der Waals surface area contributed by atoms with Crippen LogP contribution in [0.5, 0.6) is 0 Å². The van der Waals surface area contributed by atoms with Crippen LogP contribution in [0.25, 0.3) is 0 Å². The molecule has 82 valence electrons. The first-order valence-electron chi connectivity index (χ1n) is 6.02. The molecule has 0 N–H and O–H groups in total. The van der Waals surface area contributed by atoms with Gasteiger partial charge in [0.25, 0.3) is 0 Å². The summed E-state index contributed by atoms with van der Waals surface area (Å²) in [5, 5.41) is 8.60. The van der Waals surface area contributed by atoms with Crippen molar-refractivity contribution in [1.82, 2.24) is 0 Å². The Bertz CT molecular complexity index is 415. The van der Waals surface area contributed by atoms with Crippen molar-refractivity contribution in [3.05, 3.63) is 29.8 Å². The Morgan fingerprint density at radius 2 is 1.88 bits per heavy atom. The van der Waals surface area contributed by atoms with Crippen molar-refractivity contribution in [3.8, 4) is 6.07 Å². The maximum atomic E-state index is 8.60. The van der Waals surface area contributed by atoms with Crippen LogP contribution < -0.4 is 4.90 Å². The second kappa shape index (κ2) is 3.52. The summed E-state index contributed by atoms with van der Waals surface area (Å²) >= 11 is 0. The molecule has 2 nitrogen and oxygen atoms in total. The molecule has 0 aromatic heterocycles. The standard InChI is InChI=1S/C14H16N2/c15-9-6-12-2-4-13(5-3-12)16-10-14(11-16)7-1-8-14/h2-5H,1,6-8,10-11H2. The third-order valence-corrected chi connectivity index (χ3v) is 4.05. The molecule has 1 spiro atoms. The molecule has 2 fully saturated rings. The van der Waals surface area contributed by atoms with Gasteiger partial charge in [-0.2, -0.15) is 5.26 Å². The molecule has 1 aliphatic carbocycles. The lowest BCUT2D eigenvalue weighted by Crippen LogP contribution is -2.59. The molecule has 2 aliphatic rings. The lowest BCUT2D eigenvalue weighted by atomic mass is 9.63. The molecule has 16 heavy (non-hydrogen) atoms. The molecule has 1 heterocycles. The third-order valence-electron chi connectivity index (χ3n) is 4.05. The van der Waals surface area contributed by atoms with E-state index < -0.39 is 0 Å². The van der Waals surface area contributed by atoms with Gasteiger partial charge in [-0.1, -0.05) is 18.6 Å². The van der Waals surface area contributed by atoms with Gasteiger partial charge in [0.1, 0.15) is 0 Å². The van der Waals surface area contributed by atoms with Crippen molar-refractivity contribution in [2.45, 2.75) is 25.7 Å². The molecule has 3 rings (SSSR count). The summed E-state index contributed by atoms with van der Waals surface area (Å²) < 4.78 is 0. The first-order chi connectivity index (χ1) is 7.81. The van der Waals surface area contributed by atoms with Gasteiger partial charge in [0.2, 0.25) is 0 Å².